The molecule has 12 heavy (non-hydrogen) atoms. The van der Waals surface area contributed by atoms with Gasteiger partial charge in [0.1, 0.15) is 12.3 Å². The van der Waals surface area contributed by atoms with Crippen LogP contribution in [-0.4, -0.2) is 24.2 Å². The summed E-state index contributed by atoms with van der Waals surface area (Å²) in [7, 11) is 1.58. The molecule has 3 heteroatoms. The third-order valence-electron chi connectivity index (χ3n) is 2.73. The van der Waals surface area contributed by atoms with Crippen molar-refractivity contribution in [3.8, 4) is 0 Å². The summed E-state index contributed by atoms with van der Waals surface area (Å²) in [5, 5.41) is 0. The predicted molar refractivity (Wildman–Crippen MR) is 51.4 cm³/mol. The van der Waals surface area contributed by atoms with Crippen LogP contribution in [0.2, 0.25) is 0 Å². The molecule has 0 saturated heterocycles. The maximum Gasteiger partial charge on any atom is 0.132 e. The molecular formula is C9H16BrFO. The summed E-state index contributed by atoms with van der Waals surface area (Å²) in [6, 6.07) is 0. The first-order valence-corrected chi connectivity index (χ1v) is 5.21. The van der Waals surface area contributed by atoms with Gasteiger partial charge in [0.2, 0.25) is 0 Å². The number of halogens is 2. The lowest BCUT2D eigenvalue weighted by Crippen LogP contribution is -2.47. The summed E-state index contributed by atoms with van der Waals surface area (Å²) >= 11 is 3.44. The molecule has 1 aliphatic carbocycles. The molecule has 0 aromatic heterocycles. The Morgan fingerprint density at radius 1 is 1.50 bits per heavy atom. The van der Waals surface area contributed by atoms with Crippen molar-refractivity contribution in [2.75, 3.05) is 7.11 Å². The molecule has 0 aromatic rings. The first kappa shape index (κ1) is 10.5. The van der Waals surface area contributed by atoms with Gasteiger partial charge in [0.25, 0.3) is 0 Å². The van der Waals surface area contributed by atoms with Crippen molar-refractivity contribution in [3.05, 3.63) is 0 Å². The van der Waals surface area contributed by atoms with E-state index in [4.69, 9.17) is 4.74 Å². The second-order valence-electron chi connectivity index (χ2n) is 4.15. The van der Waals surface area contributed by atoms with Crippen LogP contribution in [0.15, 0.2) is 0 Å². The normalized spacial score (nSPS) is 41.2. The molecule has 3 unspecified atom stereocenters. The monoisotopic (exact) mass is 238 g/mol. The van der Waals surface area contributed by atoms with Crippen LogP contribution >= 0.6 is 15.9 Å². The summed E-state index contributed by atoms with van der Waals surface area (Å²) in [6.45, 7) is 3.92. The molecule has 0 N–H and O–H groups in total. The summed E-state index contributed by atoms with van der Waals surface area (Å²) in [5.74, 6) is 0. The van der Waals surface area contributed by atoms with Crippen LogP contribution in [0.3, 0.4) is 0 Å². The Morgan fingerprint density at radius 2 is 2.08 bits per heavy atom. The molecule has 0 bridgehead atoms. The van der Waals surface area contributed by atoms with Crippen LogP contribution in [-0.2, 0) is 4.74 Å². The van der Waals surface area contributed by atoms with E-state index in [9.17, 15) is 4.39 Å². The second-order valence-corrected chi connectivity index (χ2v) is 5.32. The third-order valence-corrected chi connectivity index (χ3v) is 3.71. The lowest BCUT2D eigenvalue weighted by atomic mass is 9.74. The van der Waals surface area contributed by atoms with Gasteiger partial charge in [0.05, 0.1) is 0 Å². The van der Waals surface area contributed by atoms with Crippen molar-refractivity contribution >= 4 is 15.9 Å². The zero-order valence-corrected chi connectivity index (χ0v) is 9.40. The highest BCUT2D eigenvalue weighted by Gasteiger charge is 2.43. The average molecular weight is 239 g/mol. The number of hydrogen-bond acceptors (Lipinski definition) is 1. The molecule has 72 valence electrons. The molecule has 3 atom stereocenters. The van der Waals surface area contributed by atoms with Crippen molar-refractivity contribution in [1.82, 2.24) is 0 Å². The molecule has 0 amide bonds. The molecule has 1 rings (SSSR count). The van der Waals surface area contributed by atoms with E-state index in [-0.39, 0.29) is 16.3 Å². The maximum atomic E-state index is 13.7. The summed E-state index contributed by atoms with van der Waals surface area (Å²) in [4.78, 5) is 0.172. The number of rotatable bonds is 1. The third kappa shape index (κ3) is 1.82. The van der Waals surface area contributed by atoms with E-state index in [1.165, 1.54) is 0 Å². The molecule has 0 aromatic carbocycles. The van der Waals surface area contributed by atoms with Crippen LogP contribution in [0, 0.1) is 5.41 Å². The van der Waals surface area contributed by atoms with Crippen molar-refractivity contribution in [2.24, 2.45) is 5.41 Å². The Morgan fingerprint density at radius 3 is 2.50 bits per heavy atom. The Labute approximate surface area is 81.8 Å². The standard InChI is InChI=1S/C9H16BrFO/c1-9(2)5-4-6(10)7(12-3)8(9)11/h6-8H,4-5H2,1-3H3. The van der Waals surface area contributed by atoms with E-state index in [1.807, 2.05) is 13.8 Å². The molecule has 1 nitrogen and oxygen atoms in total. The zero-order chi connectivity index (χ0) is 9.35. The molecule has 0 heterocycles. The van der Waals surface area contributed by atoms with E-state index in [1.54, 1.807) is 7.11 Å². The predicted octanol–water partition coefficient (Wildman–Crippen LogP) is 2.92. The highest BCUT2D eigenvalue weighted by molar-refractivity contribution is 9.09. The van der Waals surface area contributed by atoms with Gasteiger partial charge in [-0.15, -0.1) is 0 Å². The zero-order valence-electron chi connectivity index (χ0n) is 7.81. The van der Waals surface area contributed by atoms with Crippen molar-refractivity contribution in [2.45, 2.75) is 43.8 Å². The number of ether oxygens (including phenoxy) is 1. The molecular weight excluding hydrogens is 223 g/mol. The van der Waals surface area contributed by atoms with E-state index >= 15 is 0 Å². The Balaban J connectivity index is 2.70. The second kappa shape index (κ2) is 3.62. The SMILES string of the molecule is COC1C(Br)CCC(C)(C)C1F. The average Bonchev–Trinajstić information content (AvgIpc) is 2.00. The van der Waals surface area contributed by atoms with Gasteiger partial charge in [-0.25, -0.2) is 4.39 Å². The summed E-state index contributed by atoms with van der Waals surface area (Å²) in [5.41, 5.74) is -0.231. The van der Waals surface area contributed by atoms with Crippen LogP contribution in [0.1, 0.15) is 26.7 Å². The van der Waals surface area contributed by atoms with Gasteiger partial charge in [-0.3, -0.25) is 0 Å². The summed E-state index contributed by atoms with van der Waals surface area (Å²) < 4.78 is 18.9. The smallest absolute Gasteiger partial charge is 0.132 e. The van der Waals surface area contributed by atoms with Gasteiger partial charge in [0.15, 0.2) is 0 Å². The molecule has 1 fully saturated rings. The van der Waals surface area contributed by atoms with Crippen LogP contribution in [0.25, 0.3) is 0 Å². The van der Waals surface area contributed by atoms with Gasteiger partial charge in [-0.1, -0.05) is 29.8 Å². The summed E-state index contributed by atoms with van der Waals surface area (Å²) in [6.07, 6.45) is 0.768. The fourth-order valence-electron chi connectivity index (χ4n) is 1.71. The minimum atomic E-state index is -0.861. The largest absolute Gasteiger partial charge is 0.377 e. The molecule has 1 saturated carbocycles. The van der Waals surface area contributed by atoms with Crippen molar-refractivity contribution < 1.29 is 9.13 Å². The van der Waals surface area contributed by atoms with E-state index < -0.39 is 6.17 Å². The van der Waals surface area contributed by atoms with Gasteiger partial charge in [0, 0.05) is 11.9 Å². The molecule has 0 spiro atoms. The number of hydrogen-bond donors (Lipinski definition) is 0. The first-order chi connectivity index (χ1) is 5.49. The molecule has 1 aliphatic rings. The van der Waals surface area contributed by atoms with E-state index in [0.717, 1.165) is 12.8 Å². The molecule has 0 aliphatic heterocycles. The number of methoxy groups -OCH3 is 1. The van der Waals surface area contributed by atoms with Crippen LogP contribution in [0.4, 0.5) is 4.39 Å². The number of alkyl halides is 2. The van der Waals surface area contributed by atoms with Crippen molar-refractivity contribution in [1.29, 1.82) is 0 Å². The van der Waals surface area contributed by atoms with Gasteiger partial charge in [-0.2, -0.15) is 0 Å². The fourth-order valence-corrected chi connectivity index (χ4v) is 2.42. The van der Waals surface area contributed by atoms with Crippen LogP contribution < -0.4 is 0 Å². The Hall–Kier alpha value is 0.370. The van der Waals surface area contributed by atoms with Crippen LogP contribution in [0.5, 0.6) is 0 Å². The van der Waals surface area contributed by atoms with Gasteiger partial charge < -0.3 is 4.74 Å². The van der Waals surface area contributed by atoms with Crippen molar-refractivity contribution in [3.63, 3.8) is 0 Å². The first-order valence-electron chi connectivity index (χ1n) is 4.30. The molecule has 0 radical (unpaired) electrons. The lowest BCUT2D eigenvalue weighted by Gasteiger charge is -2.41. The maximum absolute atomic E-state index is 13.7. The Kier molecular flexibility index (Phi) is 3.16. The minimum absolute atomic E-state index is 0.172. The quantitative estimate of drug-likeness (QED) is 0.639. The van der Waals surface area contributed by atoms with Gasteiger partial charge >= 0.3 is 0 Å². The minimum Gasteiger partial charge on any atom is -0.377 e. The fraction of sp³-hybridized carbons (Fsp3) is 1.00. The highest BCUT2D eigenvalue weighted by Crippen LogP contribution is 2.41. The Bertz CT molecular complexity index is 161. The van der Waals surface area contributed by atoms with Gasteiger partial charge in [-0.05, 0) is 18.3 Å². The van der Waals surface area contributed by atoms with E-state index in [2.05, 4.69) is 15.9 Å². The topological polar surface area (TPSA) is 9.23 Å². The van der Waals surface area contributed by atoms with E-state index in [0.29, 0.717) is 0 Å². The lowest BCUT2D eigenvalue weighted by molar-refractivity contribution is -0.0487. The highest BCUT2D eigenvalue weighted by atomic mass is 79.9.